The molecule has 1 aliphatic rings. The molecule has 0 spiro atoms. The van der Waals surface area contributed by atoms with Crippen molar-refractivity contribution in [1.29, 1.82) is 0 Å². The van der Waals surface area contributed by atoms with Crippen molar-refractivity contribution in [1.82, 2.24) is 0 Å². The summed E-state index contributed by atoms with van der Waals surface area (Å²) in [5, 5.41) is -0.259. The summed E-state index contributed by atoms with van der Waals surface area (Å²) in [5.74, 6) is -0.268. The van der Waals surface area contributed by atoms with Crippen molar-refractivity contribution >= 4 is 40.4 Å². The number of thioether (sulfide) groups is 1. The van der Waals surface area contributed by atoms with Crippen molar-refractivity contribution in [3.8, 4) is 0 Å². The van der Waals surface area contributed by atoms with Crippen LogP contribution in [0.2, 0.25) is 0 Å². The van der Waals surface area contributed by atoms with Crippen LogP contribution >= 0.6 is 11.8 Å². The van der Waals surface area contributed by atoms with Gasteiger partial charge in [0.25, 0.3) is 11.1 Å². The number of carbonyl (C=O) groups excluding carboxylic acids is 2. The van der Waals surface area contributed by atoms with Gasteiger partial charge in [0, 0.05) is 19.8 Å². The molecule has 3 rings (SSSR count). The Morgan fingerprint density at radius 2 is 1.67 bits per heavy atom. The van der Waals surface area contributed by atoms with E-state index >= 15 is 0 Å². The first kappa shape index (κ1) is 16.3. The smallest absolute Gasteiger partial charge is 0.298 e. The Balaban J connectivity index is 1.90. The lowest BCUT2D eigenvalue weighted by molar-refractivity contribution is -0.113. The third-order valence-electron chi connectivity index (χ3n) is 3.86. The molecule has 1 fully saturated rings. The zero-order chi connectivity index (χ0) is 17.3. The molecule has 0 saturated carbocycles. The molecule has 0 aromatic heterocycles. The second kappa shape index (κ2) is 6.53. The van der Waals surface area contributed by atoms with Gasteiger partial charge in [-0.15, -0.1) is 0 Å². The molecule has 0 aliphatic carbocycles. The molecule has 122 valence electrons. The van der Waals surface area contributed by atoms with Crippen LogP contribution in [-0.4, -0.2) is 25.2 Å². The Kier molecular flexibility index (Phi) is 4.44. The molecule has 0 N–H and O–H groups in total. The van der Waals surface area contributed by atoms with Gasteiger partial charge in [-0.3, -0.25) is 9.59 Å². The predicted molar refractivity (Wildman–Crippen MR) is 100 cm³/mol. The van der Waals surface area contributed by atoms with E-state index in [1.54, 1.807) is 12.1 Å². The summed E-state index contributed by atoms with van der Waals surface area (Å²) in [5.41, 5.74) is 3.53. The molecule has 24 heavy (non-hydrogen) atoms. The third-order valence-corrected chi connectivity index (χ3v) is 4.73. The van der Waals surface area contributed by atoms with E-state index in [4.69, 9.17) is 0 Å². The van der Waals surface area contributed by atoms with Crippen LogP contribution in [-0.2, 0) is 4.79 Å². The molecule has 1 aliphatic heterocycles. The van der Waals surface area contributed by atoms with Crippen LogP contribution in [0.5, 0.6) is 0 Å². The summed E-state index contributed by atoms with van der Waals surface area (Å²) < 4.78 is 0. The van der Waals surface area contributed by atoms with E-state index in [0.29, 0.717) is 10.6 Å². The molecule has 0 radical (unpaired) electrons. The maximum Gasteiger partial charge on any atom is 0.298 e. The van der Waals surface area contributed by atoms with Gasteiger partial charge < -0.3 is 4.90 Å². The lowest BCUT2D eigenvalue weighted by Gasteiger charge is -2.14. The summed E-state index contributed by atoms with van der Waals surface area (Å²) in [7, 11) is 3.95. The fourth-order valence-electron chi connectivity index (χ4n) is 2.51. The van der Waals surface area contributed by atoms with Crippen molar-refractivity contribution in [3.05, 3.63) is 64.6 Å². The average Bonchev–Trinajstić information content (AvgIpc) is 2.83. The molecular formula is C19H18N2O2S. The minimum absolute atomic E-state index is 0.259. The van der Waals surface area contributed by atoms with Crippen molar-refractivity contribution in [2.45, 2.75) is 6.92 Å². The van der Waals surface area contributed by atoms with Crippen molar-refractivity contribution in [2.24, 2.45) is 0 Å². The lowest BCUT2D eigenvalue weighted by atomic mass is 10.1. The van der Waals surface area contributed by atoms with Gasteiger partial charge in [0.15, 0.2) is 0 Å². The van der Waals surface area contributed by atoms with Crippen LogP contribution in [0.4, 0.5) is 16.2 Å². The van der Waals surface area contributed by atoms with E-state index in [1.165, 1.54) is 4.90 Å². The van der Waals surface area contributed by atoms with E-state index in [-0.39, 0.29) is 11.1 Å². The highest BCUT2D eigenvalue weighted by molar-refractivity contribution is 8.19. The first-order chi connectivity index (χ1) is 11.5. The van der Waals surface area contributed by atoms with Crippen molar-refractivity contribution in [2.75, 3.05) is 23.9 Å². The number of rotatable bonds is 3. The Morgan fingerprint density at radius 1 is 1.00 bits per heavy atom. The minimum Gasteiger partial charge on any atom is -0.378 e. The normalized spacial score (nSPS) is 16.1. The van der Waals surface area contributed by atoms with Gasteiger partial charge in [0.1, 0.15) is 0 Å². The highest BCUT2D eigenvalue weighted by Crippen LogP contribution is 2.36. The molecule has 5 heteroatoms. The highest BCUT2D eigenvalue weighted by atomic mass is 32.2. The summed E-state index contributed by atoms with van der Waals surface area (Å²) in [6.45, 7) is 1.89. The van der Waals surface area contributed by atoms with Crippen molar-refractivity contribution < 1.29 is 9.59 Å². The number of nitrogens with zero attached hydrogens (tertiary/aromatic N) is 2. The summed E-state index contributed by atoms with van der Waals surface area (Å²) >= 11 is 0.979. The molecule has 0 bridgehead atoms. The van der Waals surface area contributed by atoms with Gasteiger partial charge in [-0.25, -0.2) is 4.90 Å². The Hall–Kier alpha value is -2.53. The minimum atomic E-state index is -0.268. The largest absolute Gasteiger partial charge is 0.378 e. The van der Waals surface area contributed by atoms with Gasteiger partial charge in [0.2, 0.25) is 0 Å². The van der Waals surface area contributed by atoms with E-state index in [2.05, 4.69) is 0 Å². The molecule has 1 heterocycles. The maximum atomic E-state index is 12.7. The average molecular weight is 338 g/mol. The molecule has 2 aromatic rings. The zero-order valence-electron chi connectivity index (χ0n) is 13.8. The molecule has 2 amide bonds. The molecule has 0 atom stereocenters. The first-order valence-corrected chi connectivity index (χ1v) is 8.40. The topological polar surface area (TPSA) is 40.6 Å². The van der Waals surface area contributed by atoms with Crippen LogP contribution in [0, 0.1) is 6.92 Å². The third kappa shape index (κ3) is 3.08. The lowest BCUT2D eigenvalue weighted by Crippen LogP contribution is -2.28. The summed E-state index contributed by atoms with van der Waals surface area (Å²) in [6.07, 6.45) is 1.77. The maximum absolute atomic E-state index is 12.7. The molecular weight excluding hydrogens is 320 g/mol. The first-order valence-electron chi connectivity index (χ1n) is 7.58. The Morgan fingerprint density at radius 3 is 2.29 bits per heavy atom. The summed E-state index contributed by atoms with van der Waals surface area (Å²) in [6, 6.07) is 15.3. The number of carbonyl (C=O) groups is 2. The fourth-order valence-corrected chi connectivity index (χ4v) is 3.34. The number of hydrogen-bond donors (Lipinski definition) is 0. The number of hydrogen-bond acceptors (Lipinski definition) is 4. The second-order valence-electron chi connectivity index (χ2n) is 5.79. The molecule has 2 aromatic carbocycles. The number of imide groups is 1. The predicted octanol–water partition coefficient (Wildman–Crippen LogP) is 4.30. The quantitative estimate of drug-likeness (QED) is 0.782. The highest BCUT2D eigenvalue weighted by Gasteiger charge is 2.36. The van der Waals surface area contributed by atoms with Gasteiger partial charge in [-0.1, -0.05) is 30.3 Å². The number of para-hydroxylation sites is 1. The molecule has 0 unspecified atom stereocenters. The Labute approximate surface area is 145 Å². The van der Waals surface area contributed by atoms with Gasteiger partial charge in [-0.05, 0) is 54.1 Å². The Bertz CT molecular complexity index is 826. The molecule has 1 saturated heterocycles. The van der Waals surface area contributed by atoms with Crippen LogP contribution in [0.3, 0.4) is 0 Å². The van der Waals surface area contributed by atoms with E-state index in [1.807, 2.05) is 68.4 Å². The summed E-state index contributed by atoms with van der Waals surface area (Å²) in [4.78, 5) is 28.7. The van der Waals surface area contributed by atoms with E-state index in [0.717, 1.165) is 28.6 Å². The SMILES string of the molecule is Cc1ccccc1N1C(=O)S/C(=C\c2ccc(N(C)C)cc2)C1=O. The number of benzene rings is 2. The van der Waals surface area contributed by atoms with E-state index in [9.17, 15) is 9.59 Å². The zero-order valence-corrected chi connectivity index (χ0v) is 14.6. The van der Waals surface area contributed by atoms with Gasteiger partial charge in [-0.2, -0.15) is 0 Å². The van der Waals surface area contributed by atoms with Crippen LogP contribution in [0.1, 0.15) is 11.1 Å². The van der Waals surface area contributed by atoms with Gasteiger partial charge in [0.05, 0.1) is 10.6 Å². The fraction of sp³-hybridized carbons (Fsp3) is 0.158. The van der Waals surface area contributed by atoms with Crippen molar-refractivity contribution in [3.63, 3.8) is 0 Å². The standard InChI is InChI=1S/C19H18N2O2S/c1-13-6-4-5-7-16(13)21-18(22)17(24-19(21)23)12-14-8-10-15(11-9-14)20(2)3/h4-12H,1-3H3/b17-12-. The van der Waals surface area contributed by atoms with E-state index < -0.39 is 0 Å². The van der Waals surface area contributed by atoms with Crippen LogP contribution < -0.4 is 9.80 Å². The number of aryl methyl sites for hydroxylation is 1. The monoisotopic (exact) mass is 338 g/mol. The van der Waals surface area contributed by atoms with Crippen LogP contribution in [0.25, 0.3) is 6.08 Å². The molecule has 4 nitrogen and oxygen atoms in total. The number of amides is 2. The second-order valence-corrected chi connectivity index (χ2v) is 6.78. The van der Waals surface area contributed by atoms with Crippen LogP contribution in [0.15, 0.2) is 53.4 Å². The number of anilines is 2. The van der Waals surface area contributed by atoms with Gasteiger partial charge >= 0.3 is 0 Å².